The van der Waals surface area contributed by atoms with Crippen LogP contribution in [0.4, 0.5) is 0 Å². The van der Waals surface area contributed by atoms with Crippen LogP contribution in [0.2, 0.25) is 0 Å². The lowest BCUT2D eigenvalue weighted by molar-refractivity contribution is -0.143. The number of esters is 2. The number of hydrogen-bond donors (Lipinski definition) is 0. The van der Waals surface area contributed by atoms with Crippen molar-refractivity contribution in [3.8, 4) is 0 Å². The van der Waals surface area contributed by atoms with Crippen LogP contribution in [0, 0.1) is 5.92 Å². The molecule has 0 amide bonds. The fraction of sp³-hybridized carbons (Fsp3) is 0.241. The van der Waals surface area contributed by atoms with Crippen molar-refractivity contribution in [3.05, 3.63) is 107 Å². The standard InChI is InChI=1S/C29H29N3O4/c1-20-25(28(33)35-3)27(24-9-5-4-6-10-24)26(21(2)31-20)29(34)36-17-7-8-22-11-13-23(14-12-22)18-32-16-15-30-19-32/h4-16,19,25,27H,17-18H2,1-3H3. The predicted molar refractivity (Wildman–Crippen MR) is 138 cm³/mol. The second-order valence-corrected chi connectivity index (χ2v) is 8.62. The highest BCUT2D eigenvalue weighted by Gasteiger charge is 2.42. The van der Waals surface area contributed by atoms with Crippen molar-refractivity contribution < 1.29 is 19.1 Å². The average Bonchev–Trinajstić information content (AvgIpc) is 3.40. The Morgan fingerprint density at radius 2 is 1.81 bits per heavy atom. The van der Waals surface area contributed by atoms with Gasteiger partial charge in [0.25, 0.3) is 0 Å². The highest BCUT2D eigenvalue weighted by Crippen LogP contribution is 2.39. The molecule has 0 aliphatic carbocycles. The Bertz CT molecular complexity index is 1290. The molecule has 2 aromatic carbocycles. The predicted octanol–water partition coefficient (Wildman–Crippen LogP) is 4.81. The zero-order chi connectivity index (χ0) is 25.5. The van der Waals surface area contributed by atoms with E-state index < -0.39 is 23.8 Å². The molecule has 3 aromatic rings. The van der Waals surface area contributed by atoms with Crippen LogP contribution in [0.1, 0.15) is 36.5 Å². The van der Waals surface area contributed by atoms with E-state index >= 15 is 0 Å². The van der Waals surface area contributed by atoms with Gasteiger partial charge in [-0.15, -0.1) is 0 Å². The van der Waals surface area contributed by atoms with Gasteiger partial charge in [0.1, 0.15) is 12.5 Å². The number of aliphatic imine (C=N–C) groups is 1. The van der Waals surface area contributed by atoms with Crippen LogP contribution in [0.15, 0.2) is 95.7 Å². The van der Waals surface area contributed by atoms with Crippen molar-refractivity contribution in [2.24, 2.45) is 10.9 Å². The normalized spacial score (nSPS) is 17.7. The van der Waals surface area contributed by atoms with E-state index in [1.165, 1.54) is 12.7 Å². The number of hydrogen-bond acceptors (Lipinski definition) is 6. The van der Waals surface area contributed by atoms with E-state index in [9.17, 15) is 9.59 Å². The molecule has 184 valence electrons. The fourth-order valence-corrected chi connectivity index (χ4v) is 4.47. The Labute approximate surface area is 210 Å². The Morgan fingerprint density at radius 1 is 1.06 bits per heavy atom. The van der Waals surface area contributed by atoms with Gasteiger partial charge in [-0.05, 0) is 36.6 Å². The Kier molecular flexibility index (Phi) is 7.90. The maximum absolute atomic E-state index is 13.2. The maximum atomic E-state index is 13.2. The number of allylic oxidation sites excluding steroid dienone is 1. The third-order valence-corrected chi connectivity index (χ3v) is 6.19. The minimum absolute atomic E-state index is 0.0967. The van der Waals surface area contributed by atoms with Gasteiger partial charge in [-0.2, -0.15) is 0 Å². The molecule has 0 fully saturated rings. The average molecular weight is 484 g/mol. The summed E-state index contributed by atoms with van der Waals surface area (Å²) in [5.41, 5.74) is 4.53. The summed E-state index contributed by atoms with van der Waals surface area (Å²) in [6.45, 7) is 4.41. The van der Waals surface area contributed by atoms with Gasteiger partial charge < -0.3 is 14.0 Å². The summed E-state index contributed by atoms with van der Waals surface area (Å²) in [6.07, 6.45) is 9.17. The van der Waals surface area contributed by atoms with E-state index in [0.29, 0.717) is 17.0 Å². The molecule has 7 nitrogen and oxygen atoms in total. The summed E-state index contributed by atoms with van der Waals surface area (Å²) in [7, 11) is 1.34. The molecule has 1 aromatic heterocycles. The molecule has 0 radical (unpaired) electrons. The number of methoxy groups -OCH3 is 1. The lowest BCUT2D eigenvalue weighted by atomic mass is 9.75. The summed E-state index contributed by atoms with van der Waals surface area (Å²) < 4.78 is 12.7. The van der Waals surface area contributed by atoms with E-state index in [2.05, 4.69) is 22.1 Å². The van der Waals surface area contributed by atoms with Gasteiger partial charge in [-0.3, -0.25) is 9.79 Å². The number of rotatable bonds is 8. The van der Waals surface area contributed by atoms with E-state index in [1.807, 2.05) is 59.3 Å². The van der Waals surface area contributed by atoms with Gasteiger partial charge in [0.05, 0.1) is 19.0 Å². The van der Waals surface area contributed by atoms with E-state index in [4.69, 9.17) is 9.47 Å². The quantitative estimate of drug-likeness (QED) is 0.430. The van der Waals surface area contributed by atoms with Gasteiger partial charge >= 0.3 is 11.9 Å². The maximum Gasteiger partial charge on any atom is 0.336 e. The highest BCUT2D eigenvalue weighted by atomic mass is 16.5. The number of ether oxygens (including phenoxy) is 2. The lowest BCUT2D eigenvalue weighted by Crippen LogP contribution is -2.36. The van der Waals surface area contributed by atoms with Gasteiger partial charge in [-0.25, -0.2) is 9.78 Å². The van der Waals surface area contributed by atoms with Crippen LogP contribution < -0.4 is 0 Å². The van der Waals surface area contributed by atoms with Gasteiger partial charge in [-0.1, -0.05) is 60.7 Å². The number of benzene rings is 2. The molecule has 1 aliphatic rings. The molecule has 0 saturated heterocycles. The van der Waals surface area contributed by atoms with Gasteiger partial charge in [0.15, 0.2) is 0 Å². The molecular weight excluding hydrogens is 454 g/mol. The van der Waals surface area contributed by atoms with Crippen molar-refractivity contribution >= 4 is 23.7 Å². The molecule has 0 N–H and O–H groups in total. The monoisotopic (exact) mass is 483 g/mol. The molecule has 0 saturated carbocycles. The SMILES string of the molecule is COC(=O)C1C(C)=NC(C)=C(C(=O)OCC=Cc2ccc(Cn3ccnc3)cc2)C1c1ccccc1. The van der Waals surface area contributed by atoms with Crippen LogP contribution >= 0.6 is 0 Å². The Balaban J connectivity index is 1.46. The second-order valence-electron chi connectivity index (χ2n) is 8.62. The molecule has 0 bridgehead atoms. The zero-order valence-electron chi connectivity index (χ0n) is 20.6. The van der Waals surface area contributed by atoms with Crippen LogP contribution in [-0.2, 0) is 25.6 Å². The van der Waals surface area contributed by atoms with Crippen LogP contribution in [0.25, 0.3) is 6.08 Å². The molecule has 36 heavy (non-hydrogen) atoms. The summed E-state index contributed by atoms with van der Waals surface area (Å²) >= 11 is 0. The first-order valence-electron chi connectivity index (χ1n) is 11.7. The smallest absolute Gasteiger partial charge is 0.336 e. The second kappa shape index (κ2) is 11.4. The fourth-order valence-electron chi connectivity index (χ4n) is 4.47. The molecule has 2 atom stereocenters. The molecule has 7 heteroatoms. The molecule has 1 aliphatic heterocycles. The minimum Gasteiger partial charge on any atom is -0.468 e. The molecule has 2 unspecified atom stereocenters. The van der Waals surface area contributed by atoms with Crippen LogP contribution in [-0.4, -0.2) is 40.9 Å². The minimum atomic E-state index is -0.694. The number of imidazole rings is 1. The summed E-state index contributed by atoms with van der Waals surface area (Å²) in [4.78, 5) is 34.4. The highest BCUT2D eigenvalue weighted by molar-refractivity contribution is 6.07. The third kappa shape index (κ3) is 5.68. The summed E-state index contributed by atoms with van der Waals surface area (Å²) in [5, 5.41) is 0. The van der Waals surface area contributed by atoms with Crippen molar-refractivity contribution in [3.63, 3.8) is 0 Å². The van der Waals surface area contributed by atoms with Crippen LogP contribution in [0.5, 0.6) is 0 Å². The first kappa shape index (κ1) is 24.9. The molecule has 0 spiro atoms. The van der Waals surface area contributed by atoms with Crippen molar-refractivity contribution in [2.75, 3.05) is 13.7 Å². The molecule has 2 heterocycles. The van der Waals surface area contributed by atoms with E-state index in [-0.39, 0.29) is 6.61 Å². The number of nitrogens with zero attached hydrogens (tertiary/aromatic N) is 3. The van der Waals surface area contributed by atoms with Crippen molar-refractivity contribution in [1.82, 2.24) is 9.55 Å². The lowest BCUT2D eigenvalue weighted by Gasteiger charge is -2.31. The first-order chi connectivity index (χ1) is 17.5. The number of carbonyl (C=O) groups is 2. The number of carbonyl (C=O) groups excluding carboxylic acids is 2. The van der Waals surface area contributed by atoms with Crippen molar-refractivity contribution in [2.45, 2.75) is 26.3 Å². The van der Waals surface area contributed by atoms with Crippen molar-refractivity contribution in [1.29, 1.82) is 0 Å². The van der Waals surface area contributed by atoms with E-state index in [0.717, 1.165) is 17.7 Å². The molecular formula is C29H29N3O4. The molecule has 4 rings (SSSR count). The zero-order valence-corrected chi connectivity index (χ0v) is 20.6. The van der Waals surface area contributed by atoms with E-state index in [1.54, 1.807) is 32.4 Å². The Morgan fingerprint density at radius 3 is 2.47 bits per heavy atom. The first-order valence-corrected chi connectivity index (χ1v) is 11.7. The topological polar surface area (TPSA) is 82.8 Å². The van der Waals surface area contributed by atoms with Gasteiger partial charge in [0, 0.05) is 36.3 Å². The summed E-state index contributed by atoms with van der Waals surface area (Å²) in [5.74, 6) is -2.15. The summed E-state index contributed by atoms with van der Waals surface area (Å²) in [6, 6.07) is 17.6. The van der Waals surface area contributed by atoms with Crippen LogP contribution in [0.3, 0.4) is 0 Å². The number of aromatic nitrogens is 2. The largest absolute Gasteiger partial charge is 0.468 e. The third-order valence-electron chi connectivity index (χ3n) is 6.19. The van der Waals surface area contributed by atoms with Gasteiger partial charge in [0.2, 0.25) is 0 Å². The Hall–Kier alpha value is -4.26.